The number of aryl methyl sites for hydroxylation is 1. The maximum atomic E-state index is 13.0. The van der Waals surface area contributed by atoms with Gasteiger partial charge in [-0.3, -0.25) is 4.79 Å². The molecule has 0 saturated carbocycles. The third-order valence-corrected chi connectivity index (χ3v) is 6.64. The van der Waals surface area contributed by atoms with Crippen molar-refractivity contribution in [2.75, 3.05) is 32.2 Å². The maximum absolute atomic E-state index is 13.0. The SMILES string of the molecule is CCc1ccc(Oc2cc(N3CCC(C(=O)NC(C)c4ccc(OC)c(OC)c4)CC3)ncn2)cc1. The van der Waals surface area contributed by atoms with Crippen molar-refractivity contribution in [2.45, 2.75) is 39.2 Å². The molecule has 1 N–H and O–H groups in total. The minimum atomic E-state index is -0.136. The number of aromatic nitrogens is 2. The summed E-state index contributed by atoms with van der Waals surface area (Å²) in [5.74, 6) is 3.40. The van der Waals surface area contributed by atoms with Gasteiger partial charge in [0.15, 0.2) is 11.5 Å². The summed E-state index contributed by atoms with van der Waals surface area (Å²) in [5.41, 5.74) is 2.23. The van der Waals surface area contributed by atoms with E-state index in [-0.39, 0.29) is 17.9 Å². The molecule has 2 heterocycles. The predicted octanol–water partition coefficient (Wildman–Crippen LogP) is 4.94. The van der Waals surface area contributed by atoms with Gasteiger partial charge in [-0.25, -0.2) is 9.97 Å². The van der Waals surface area contributed by atoms with E-state index in [0.29, 0.717) is 17.4 Å². The summed E-state index contributed by atoms with van der Waals surface area (Å²) in [6.07, 6.45) is 4.02. The van der Waals surface area contributed by atoms with E-state index in [2.05, 4.69) is 39.2 Å². The maximum Gasteiger partial charge on any atom is 0.224 e. The fourth-order valence-corrected chi connectivity index (χ4v) is 4.38. The van der Waals surface area contributed by atoms with Crippen molar-refractivity contribution in [3.63, 3.8) is 0 Å². The monoisotopic (exact) mass is 490 g/mol. The zero-order chi connectivity index (χ0) is 25.5. The first-order valence-electron chi connectivity index (χ1n) is 12.4. The van der Waals surface area contributed by atoms with E-state index < -0.39 is 0 Å². The number of hydrogen-bond donors (Lipinski definition) is 1. The highest BCUT2D eigenvalue weighted by Gasteiger charge is 2.27. The number of ether oxygens (including phenoxy) is 3. The summed E-state index contributed by atoms with van der Waals surface area (Å²) in [6, 6.07) is 15.4. The topological polar surface area (TPSA) is 85.8 Å². The fraction of sp³-hybridized carbons (Fsp3) is 0.393. The number of benzene rings is 2. The van der Waals surface area contributed by atoms with Crippen LogP contribution in [0, 0.1) is 5.92 Å². The summed E-state index contributed by atoms with van der Waals surface area (Å²) >= 11 is 0. The highest BCUT2D eigenvalue weighted by Crippen LogP contribution is 2.31. The van der Waals surface area contributed by atoms with Crippen LogP contribution >= 0.6 is 0 Å². The Hall–Kier alpha value is -3.81. The molecule has 4 rings (SSSR count). The Morgan fingerprint density at radius 1 is 1.03 bits per heavy atom. The lowest BCUT2D eigenvalue weighted by atomic mass is 9.95. The van der Waals surface area contributed by atoms with Gasteiger partial charge in [0.05, 0.1) is 20.3 Å². The number of carbonyl (C=O) groups is 1. The number of rotatable bonds is 9. The zero-order valence-corrected chi connectivity index (χ0v) is 21.4. The summed E-state index contributed by atoms with van der Waals surface area (Å²) in [6.45, 7) is 5.58. The molecule has 8 nitrogen and oxygen atoms in total. The lowest BCUT2D eigenvalue weighted by Gasteiger charge is -2.32. The van der Waals surface area contributed by atoms with Gasteiger partial charge in [-0.1, -0.05) is 25.1 Å². The second-order valence-electron chi connectivity index (χ2n) is 8.92. The van der Waals surface area contributed by atoms with E-state index in [1.54, 1.807) is 14.2 Å². The minimum Gasteiger partial charge on any atom is -0.493 e. The molecule has 1 aliphatic heterocycles. The second kappa shape index (κ2) is 11.7. The number of nitrogens with one attached hydrogen (secondary N) is 1. The van der Waals surface area contributed by atoms with Crippen LogP contribution in [-0.2, 0) is 11.2 Å². The first-order chi connectivity index (χ1) is 17.5. The normalized spacial score (nSPS) is 14.7. The summed E-state index contributed by atoms with van der Waals surface area (Å²) in [7, 11) is 3.21. The molecule has 1 atom stereocenters. The molecule has 1 aromatic heterocycles. The molecule has 36 heavy (non-hydrogen) atoms. The molecule has 0 radical (unpaired) electrons. The van der Waals surface area contributed by atoms with E-state index in [0.717, 1.165) is 49.5 Å². The molecule has 1 unspecified atom stereocenters. The van der Waals surface area contributed by atoms with Crippen LogP contribution in [0.25, 0.3) is 0 Å². The highest BCUT2D eigenvalue weighted by atomic mass is 16.5. The highest BCUT2D eigenvalue weighted by molar-refractivity contribution is 5.79. The Balaban J connectivity index is 1.31. The van der Waals surface area contributed by atoms with Crippen molar-refractivity contribution in [3.05, 3.63) is 66.0 Å². The first-order valence-corrected chi connectivity index (χ1v) is 12.4. The average molecular weight is 491 g/mol. The van der Waals surface area contributed by atoms with Gasteiger partial charge in [-0.05, 0) is 61.6 Å². The van der Waals surface area contributed by atoms with Gasteiger partial charge in [-0.2, -0.15) is 0 Å². The smallest absolute Gasteiger partial charge is 0.224 e. The van der Waals surface area contributed by atoms with Gasteiger partial charge < -0.3 is 24.4 Å². The molecular weight excluding hydrogens is 456 g/mol. The Morgan fingerprint density at radius 3 is 2.42 bits per heavy atom. The molecule has 1 amide bonds. The van der Waals surface area contributed by atoms with Crippen LogP contribution in [0.4, 0.5) is 5.82 Å². The number of piperidine rings is 1. The molecule has 0 bridgehead atoms. The number of hydrogen-bond acceptors (Lipinski definition) is 7. The second-order valence-corrected chi connectivity index (χ2v) is 8.92. The largest absolute Gasteiger partial charge is 0.493 e. The molecule has 8 heteroatoms. The lowest BCUT2D eigenvalue weighted by molar-refractivity contribution is -0.126. The standard InChI is InChI=1S/C28H34N4O4/c1-5-20-6-9-23(10-7-20)36-27-17-26(29-18-30-27)32-14-12-21(13-15-32)28(33)31-19(2)22-8-11-24(34-3)25(16-22)35-4/h6-11,16-19,21H,5,12-15H2,1-4H3,(H,31,33). The van der Waals surface area contributed by atoms with Crippen LogP contribution in [0.3, 0.4) is 0 Å². The van der Waals surface area contributed by atoms with Crippen molar-refractivity contribution >= 4 is 11.7 Å². The first kappa shape index (κ1) is 25.3. The molecule has 1 saturated heterocycles. The minimum absolute atomic E-state index is 0.0431. The van der Waals surface area contributed by atoms with Crippen molar-refractivity contribution in [1.82, 2.24) is 15.3 Å². The summed E-state index contributed by atoms with van der Waals surface area (Å²) < 4.78 is 16.6. The van der Waals surface area contributed by atoms with Crippen LogP contribution < -0.4 is 24.4 Å². The molecule has 190 valence electrons. The van der Waals surface area contributed by atoms with E-state index in [9.17, 15) is 4.79 Å². The number of methoxy groups -OCH3 is 2. The van der Waals surface area contributed by atoms with Crippen molar-refractivity contribution in [1.29, 1.82) is 0 Å². The molecule has 1 fully saturated rings. The van der Waals surface area contributed by atoms with Crippen molar-refractivity contribution in [3.8, 4) is 23.1 Å². The third-order valence-electron chi connectivity index (χ3n) is 6.64. The molecule has 0 aliphatic carbocycles. The van der Waals surface area contributed by atoms with E-state index in [1.165, 1.54) is 11.9 Å². The number of carbonyl (C=O) groups excluding carboxylic acids is 1. The van der Waals surface area contributed by atoms with E-state index in [4.69, 9.17) is 14.2 Å². The van der Waals surface area contributed by atoms with E-state index >= 15 is 0 Å². The van der Waals surface area contributed by atoms with Crippen LogP contribution in [0.1, 0.15) is 43.9 Å². The van der Waals surface area contributed by atoms with Crippen LogP contribution in [0.5, 0.6) is 23.1 Å². The van der Waals surface area contributed by atoms with E-state index in [1.807, 2.05) is 43.3 Å². The van der Waals surface area contributed by atoms with Crippen molar-refractivity contribution in [2.24, 2.45) is 5.92 Å². The number of amides is 1. The Morgan fingerprint density at radius 2 is 1.75 bits per heavy atom. The zero-order valence-electron chi connectivity index (χ0n) is 21.4. The Kier molecular flexibility index (Phi) is 8.25. The Labute approximate surface area is 212 Å². The molecule has 3 aromatic rings. The quantitative estimate of drug-likeness (QED) is 0.455. The molecule has 1 aliphatic rings. The van der Waals surface area contributed by atoms with Gasteiger partial charge in [0.1, 0.15) is 17.9 Å². The number of nitrogens with zero attached hydrogens (tertiary/aromatic N) is 3. The summed E-state index contributed by atoms with van der Waals surface area (Å²) in [4.78, 5) is 23.8. The van der Waals surface area contributed by atoms with Gasteiger partial charge in [0, 0.05) is 25.1 Å². The van der Waals surface area contributed by atoms with Crippen LogP contribution in [0.15, 0.2) is 54.9 Å². The average Bonchev–Trinajstić information content (AvgIpc) is 2.93. The van der Waals surface area contributed by atoms with Crippen molar-refractivity contribution < 1.29 is 19.0 Å². The van der Waals surface area contributed by atoms with Crippen LogP contribution in [0.2, 0.25) is 0 Å². The van der Waals surface area contributed by atoms with Gasteiger partial charge >= 0.3 is 0 Å². The fourth-order valence-electron chi connectivity index (χ4n) is 4.38. The third kappa shape index (κ3) is 6.05. The summed E-state index contributed by atoms with van der Waals surface area (Å²) in [5, 5.41) is 3.15. The predicted molar refractivity (Wildman–Crippen MR) is 139 cm³/mol. The lowest BCUT2D eigenvalue weighted by Crippen LogP contribution is -2.41. The molecule has 0 spiro atoms. The number of anilines is 1. The van der Waals surface area contributed by atoms with Gasteiger partial charge in [-0.15, -0.1) is 0 Å². The van der Waals surface area contributed by atoms with Gasteiger partial charge in [0.25, 0.3) is 0 Å². The Bertz CT molecular complexity index is 1160. The molecule has 2 aromatic carbocycles. The van der Waals surface area contributed by atoms with Gasteiger partial charge in [0.2, 0.25) is 11.8 Å². The molecular formula is C28H34N4O4. The van der Waals surface area contributed by atoms with Crippen LogP contribution in [-0.4, -0.2) is 43.2 Å².